The summed E-state index contributed by atoms with van der Waals surface area (Å²) in [6.07, 6.45) is 4.49. The maximum atomic E-state index is 13.2. The Bertz CT molecular complexity index is 524. The van der Waals surface area contributed by atoms with Gasteiger partial charge in [-0.1, -0.05) is 31.9 Å². The summed E-state index contributed by atoms with van der Waals surface area (Å²) in [4.78, 5) is 12.4. The predicted octanol–water partition coefficient (Wildman–Crippen LogP) is 3.03. The lowest BCUT2D eigenvalue weighted by Crippen LogP contribution is -2.51. The first-order chi connectivity index (χ1) is 10.6. The number of rotatable bonds is 5. The molecule has 2 N–H and O–H groups in total. The number of benzene rings is 1. The van der Waals surface area contributed by atoms with Crippen LogP contribution in [0.4, 0.5) is 4.39 Å². The fraction of sp³-hybridized carbons (Fsp3) is 0.611. The molecule has 23 heavy (non-hydrogen) atoms. The molecule has 1 unspecified atom stereocenters. The lowest BCUT2D eigenvalue weighted by atomic mass is 9.78. The highest BCUT2D eigenvalue weighted by atomic mass is 35.5. The molecule has 1 aliphatic carbocycles. The smallest absolute Gasteiger partial charge is 0.223 e. The van der Waals surface area contributed by atoms with Gasteiger partial charge in [0.2, 0.25) is 5.91 Å². The zero-order valence-electron chi connectivity index (χ0n) is 13.6. The van der Waals surface area contributed by atoms with Crippen LogP contribution in [0.15, 0.2) is 24.3 Å². The average molecular weight is 341 g/mol. The van der Waals surface area contributed by atoms with Gasteiger partial charge in [0.25, 0.3) is 0 Å². The highest BCUT2D eigenvalue weighted by Crippen LogP contribution is 2.40. The molecular weight excluding hydrogens is 315 g/mol. The van der Waals surface area contributed by atoms with E-state index in [1.807, 2.05) is 19.1 Å². The summed E-state index contributed by atoms with van der Waals surface area (Å²) >= 11 is 0. The molecule has 1 saturated carbocycles. The highest BCUT2D eigenvalue weighted by molar-refractivity contribution is 5.85. The summed E-state index contributed by atoms with van der Waals surface area (Å²) in [5.41, 5.74) is 1.14. The van der Waals surface area contributed by atoms with Gasteiger partial charge in [-0.05, 0) is 49.5 Å². The third kappa shape index (κ3) is 3.86. The van der Waals surface area contributed by atoms with E-state index in [2.05, 4.69) is 10.6 Å². The Morgan fingerprint density at radius 1 is 1.30 bits per heavy atom. The van der Waals surface area contributed by atoms with Crippen LogP contribution in [0.25, 0.3) is 0 Å². The van der Waals surface area contributed by atoms with Crippen LogP contribution in [0.2, 0.25) is 0 Å². The molecule has 1 saturated heterocycles. The van der Waals surface area contributed by atoms with E-state index in [-0.39, 0.29) is 35.5 Å². The molecule has 1 amide bonds. The van der Waals surface area contributed by atoms with E-state index in [9.17, 15) is 9.18 Å². The summed E-state index contributed by atoms with van der Waals surface area (Å²) in [6.45, 7) is 4.57. The van der Waals surface area contributed by atoms with Gasteiger partial charge in [-0.15, -0.1) is 12.4 Å². The zero-order valence-corrected chi connectivity index (χ0v) is 14.4. The molecule has 3 rings (SSSR count). The Kier molecular flexibility index (Phi) is 6.04. The number of carbonyl (C=O) groups is 1. The van der Waals surface area contributed by atoms with E-state index in [4.69, 9.17) is 0 Å². The molecule has 1 atom stereocenters. The van der Waals surface area contributed by atoms with Crippen LogP contribution < -0.4 is 10.6 Å². The van der Waals surface area contributed by atoms with E-state index in [1.165, 1.54) is 25.0 Å². The second-order valence-electron chi connectivity index (χ2n) is 6.92. The monoisotopic (exact) mass is 340 g/mol. The number of nitrogens with one attached hydrogen (secondary N) is 2. The maximum Gasteiger partial charge on any atom is 0.223 e. The van der Waals surface area contributed by atoms with E-state index in [0.717, 1.165) is 31.5 Å². The lowest BCUT2D eigenvalue weighted by Gasteiger charge is -2.34. The maximum absolute atomic E-state index is 13.2. The van der Waals surface area contributed by atoms with Crippen molar-refractivity contribution in [2.24, 2.45) is 11.8 Å². The first kappa shape index (κ1) is 18.2. The standard InChI is InChI=1S/C18H25FN2O.ClH/c1-13(14-10-20-11-14)17(22)21-12-18(8-2-3-9-18)15-4-6-16(19)7-5-15;/h4-7,13-14,20H,2-3,8-12H2,1H3,(H,21,22);1H. The van der Waals surface area contributed by atoms with Crippen molar-refractivity contribution in [3.63, 3.8) is 0 Å². The Hall–Kier alpha value is -1.13. The number of hydrogen-bond acceptors (Lipinski definition) is 2. The molecule has 1 aromatic rings. The van der Waals surface area contributed by atoms with Crippen LogP contribution in [-0.2, 0) is 10.2 Å². The van der Waals surface area contributed by atoms with Gasteiger partial charge in [-0.25, -0.2) is 4.39 Å². The Labute approximate surface area is 143 Å². The number of hydrogen-bond donors (Lipinski definition) is 2. The minimum atomic E-state index is -0.202. The topological polar surface area (TPSA) is 41.1 Å². The van der Waals surface area contributed by atoms with Gasteiger partial charge in [-0.3, -0.25) is 4.79 Å². The minimum absolute atomic E-state index is 0. The summed E-state index contributed by atoms with van der Waals surface area (Å²) in [7, 11) is 0. The van der Waals surface area contributed by atoms with Crippen LogP contribution in [0.3, 0.4) is 0 Å². The minimum Gasteiger partial charge on any atom is -0.355 e. The van der Waals surface area contributed by atoms with Gasteiger partial charge in [0.1, 0.15) is 5.82 Å². The van der Waals surface area contributed by atoms with Gasteiger partial charge < -0.3 is 10.6 Å². The number of halogens is 2. The van der Waals surface area contributed by atoms with E-state index in [0.29, 0.717) is 12.5 Å². The van der Waals surface area contributed by atoms with Crippen molar-refractivity contribution >= 4 is 18.3 Å². The van der Waals surface area contributed by atoms with Crippen LogP contribution in [0.5, 0.6) is 0 Å². The molecule has 1 heterocycles. The molecule has 5 heteroatoms. The average Bonchev–Trinajstić information content (AvgIpc) is 2.93. The fourth-order valence-electron chi connectivity index (χ4n) is 3.72. The molecule has 1 aromatic carbocycles. The number of amides is 1. The first-order valence-corrected chi connectivity index (χ1v) is 8.35. The fourth-order valence-corrected chi connectivity index (χ4v) is 3.72. The molecule has 128 valence electrons. The van der Waals surface area contributed by atoms with Crippen LogP contribution in [0, 0.1) is 17.7 Å². The molecule has 2 aliphatic rings. The molecule has 0 radical (unpaired) electrons. The van der Waals surface area contributed by atoms with Crippen molar-refractivity contribution in [1.82, 2.24) is 10.6 Å². The second kappa shape index (κ2) is 7.63. The van der Waals surface area contributed by atoms with Crippen LogP contribution in [-0.4, -0.2) is 25.5 Å². The van der Waals surface area contributed by atoms with E-state index in [1.54, 1.807) is 0 Å². The molecule has 3 nitrogen and oxygen atoms in total. The van der Waals surface area contributed by atoms with Crippen LogP contribution in [0.1, 0.15) is 38.2 Å². The van der Waals surface area contributed by atoms with Gasteiger partial charge in [-0.2, -0.15) is 0 Å². The van der Waals surface area contributed by atoms with Gasteiger partial charge in [0.15, 0.2) is 0 Å². The van der Waals surface area contributed by atoms with Crippen molar-refractivity contribution in [1.29, 1.82) is 0 Å². The van der Waals surface area contributed by atoms with E-state index < -0.39 is 0 Å². The quantitative estimate of drug-likeness (QED) is 0.865. The second-order valence-corrected chi connectivity index (χ2v) is 6.92. The molecule has 0 spiro atoms. The molecular formula is C18H26ClFN2O. The van der Waals surface area contributed by atoms with Gasteiger partial charge >= 0.3 is 0 Å². The number of carbonyl (C=O) groups excluding carboxylic acids is 1. The third-order valence-electron chi connectivity index (χ3n) is 5.55. The largest absolute Gasteiger partial charge is 0.355 e. The van der Waals surface area contributed by atoms with Crippen LogP contribution >= 0.6 is 12.4 Å². The van der Waals surface area contributed by atoms with E-state index >= 15 is 0 Å². The van der Waals surface area contributed by atoms with Crippen molar-refractivity contribution in [2.75, 3.05) is 19.6 Å². The predicted molar refractivity (Wildman–Crippen MR) is 92.3 cm³/mol. The summed E-state index contributed by atoms with van der Waals surface area (Å²) in [5.74, 6) is 0.477. The highest BCUT2D eigenvalue weighted by Gasteiger charge is 2.37. The van der Waals surface area contributed by atoms with Crippen molar-refractivity contribution in [3.8, 4) is 0 Å². The van der Waals surface area contributed by atoms with Crippen molar-refractivity contribution < 1.29 is 9.18 Å². The lowest BCUT2D eigenvalue weighted by molar-refractivity contribution is -0.127. The summed E-state index contributed by atoms with van der Waals surface area (Å²) in [5, 5.41) is 6.38. The van der Waals surface area contributed by atoms with Gasteiger partial charge in [0, 0.05) is 17.9 Å². The SMILES string of the molecule is CC(C(=O)NCC1(c2ccc(F)cc2)CCCC1)C1CNC1.Cl. The Morgan fingerprint density at radius 3 is 2.43 bits per heavy atom. The molecule has 0 bridgehead atoms. The Balaban J connectivity index is 0.00000192. The third-order valence-corrected chi connectivity index (χ3v) is 5.55. The normalized spacial score (nSPS) is 21.1. The summed E-state index contributed by atoms with van der Waals surface area (Å²) in [6, 6.07) is 6.82. The molecule has 1 aliphatic heterocycles. The first-order valence-electron chi connectivity index (χ1n) is 8.35. The summed E-state index contributed by atoms with van der Waals surface area (Å²) < 4.78 is 13.2. The van der Waals surface area contributed by atoms with Crippen molar-refractivity contribution in [2.45, 2.75) is 38.0 Å². The Morgan fingerprint density at radius 2 is 1.91 bits per heavy atom. The van der Waals surface area contributed by atoms with Gasteiger partial charge in [0.05, 0.1) is 0 Å². The zero-order chi connectivity index (χ0) is 15.6. The molecule has 2 fully saturated rings. The molecule has 0 aromatic heterocycles. The van der Waals surface area contributed by atoms with Crippen molar-refractivity contribution in [3.05, 3.63) is 35.6 Å².